The van der Waals surface area contributed by atoms with E-state index in [1.165, 1.54) is 0 Å². The van der Waals surface area contributed by atoms with Crippen molar-refractivity contribution in [2.45, 2.75) is 32.4 Å². The highest BCUT2D eigenvalue weighted by Crippen LogP contribution is 2.44. The van der Waals surface area contributed by atoms with Gasteiger partial charge in [0.05, 0.1) is 5.41 Å². The van der Waals surface area contributed by atoms with E-state index in [-0.39, 0.29) is 37.4 Å². The molecule has 3 aromatic carbocycles. The Labute approximate surface area is 240 Å². The third-order valence-corrected chi connectivity index (χ3v) is 8.62. The number of benzene rings is 3. The number of likely N-dealkylation sites (tertiary alicyclic amines) is 1. The van der Waals surface area contributed by atoms with Gasteiger partial charge in [0.1, 0.15) is 12.6 Å². The Kier molecular flexibility index (Phi) is 8.13. The summed E-state index contributed by atoms with van der Waals surface area (Å²) in [5.41, 5.74) is 4.52. The molecule has 2 aliphatic rings. The quantitative estimate of drug-likeness (QED) is 0.401. The zero-order valence-corrected chi connectivity index (χ0v) is 23.7. The number of fused-ring (bicyclic) bond motifs is 3. The first kappa shape index (κ1) is 28.4. The molecule has 3 atom stereocenters. The van der Waals surface area contributed by atoms with Crippen molar-refractivity contribution >= 4 is 18.0 Å². The highest BCUT2D eigenvalue weighted by Gasteiger charge is 2.49. The van der Waals surface area contributed by atoms with Gasteiger partial charge < -0.3 is 20.1 Å². The maximum absolute atomic E-state index is 13.7. The third kappa shape index (κ3) is 5.84. The van der Waals surface area contributed by atoms with E-state index in [4.69, 9.17) is 4.74 Å². The fraction of sp³-hybridized carbons (Fsp3) is 0.364. The molecule has 41 heavy (non-hydrogen) atoms. The SMILES string of the molecule is CC1CN(C(=O)C(CN(C)Cc2ccccc2)NC(=O)OCC2c3ccccc3-c3ccccc32)CC1(C)C(=O)O. The molecule has 5 rings (SSSR count). The van der Waals surface area contributed by atoms with E-state index in [2.05, 4.69) is 29.6 Å². The van der Waals surface area contributed by atoms with Crippen molar-refractivity contribution in [3.05, 3.63) is 95.6 Å². The number of alkyl carbamates (subject to hydrolysis) is 1. The van der Waals surface area contributed by atoms with Crippen molar-refractivity contribution in [1.29, 1.82) is 0 Å². The highest BCUT2D eigenvalue weighted by atomic mass is 16.5. The number of nitrogens with one attached hydrogen (secondary N) is 1. The van der Waals surface area contributed by atoms with Crippen molar-refractivity contribution in [3.8, 4) is 11.1 Å². The van der Waals surface area contributed by atoms with E-state index in [1.54, 1.807) is 11.8 Å². The van der Waals surface area contributed by atoms with Crippen LogP contribution in [-0.2, 0) is 20.9 Å². The number of ether oxygens (including phenoxy) is 1. The Morgan fingerprint density at radius 1 is 1.00 bits per heavy atom. The molecule has 1 aliphatic carbocycles. The normalized spacial score (nSPS) is 20.4. The molecule has 8 nitrogen and oxygen atoms in total. The summed E-state index contributed by atoms with van der Waals surface area (Å²) in [5.74, 6) is -1.56. The zero-order valence-electron chi connectivity index (χ0n) is 23.7. The predicted molar refractivity (Wildman–Crippen MR) is 156 cm³/mol. The van der Waals surface area contributed by atoms with Crippen LogP contribution < -0.4 is 5.32 Å². The first-order valence-electron chi connectivity index (χ1n) is 14.0. The van der Waals surface area contributed by atoms with E-state index in [0.29, 0.717) is 13.1 Å². The standard InChI is InChI=1S/C33H37N3O5/c1-22-17-36(21-33(22,2)31(38)39)30(37)29(19-35(3)18-23-11-5-4-6-12-23)34-32(40)41-20-28-26-15-9-7-13-24(26)25-14-8-10-16-27(25)28/h4-16,22,28-29H,17-21H2,1-3H3,(H,34,40)(H,38,39). The van der Waals surface area contributed by atoms with Crippen molar-refractivity contribution in [1.82, 2.24) is 15.1 Å². The molecule has 1 aliphatic heterocycles. The predicted octanol–water partition coefficient (Wildman–Crippen LogP) is 4.59. The van der Waals surface area contributed by atoms with Crippen LogP contribution in [0.5, 0.6) is 0 Å². The molecule has 3 unspecified atom stereocenters. The fourth-order valence-electron chi connectivity index (χ4n) is 6.05. The number of carbonyl (C=O) groups is 3. The van der Waals surface area contributed by atoms with E-state index >= 15 is 0 Å². The second-order valence-electron chi connectivity index (χ2n) is 11.5. The first-order valence-corrected chi connectivity index (χ1v) is 14.0. The van der Waals surface area contributed by atoms with Gasteiger partial charge >= 0.3 is 12.1 Å². The molecule has 1 saturated heterocycles. The smallest absolute Gasteiger partial charge is 0.407 e. The third-order valence-electron chi connectivity index (χ3n) is 8.62. The van der Waals surface area contributed by atoms with Gasteiger partial charge in [-0.1, -0.05) is 85.8 Å². The van der Waals surface area contributed by atoms with Crippen molar-refractivity contribution < 1.29 is 24.2 Å². The van der Waals surface area contributed by atoms with Crippen LogP contribution >= 0.6 is 0 Å². The topological polar surface area (TPSA) is 99.2 Å². The molecular formula is C33H37N3O5. The molecule has 1 heterocycles. The summed E-state index contributed by atoms with van der Waals surface area (Å²) in [6.45, 7) is 4.88. The summed E-state index contributed by atoms with van der Waals surface area (Å²) in [4.78, 5) is 42.4. The molecule has 0 aromatic heterocycles. The number of hydrogen-bond donors (Lipinski definition) is 2. The lowest BCUT2D eigenvalue weighted by molar-refractivity contribution is -0.149. The molecule has 0 bridgehead atoms. The van der Waals surface area contributed by atoms with E-state index in [9.17, 15) is 19.5 Å². The molecule has 8 heteroatoms. The van der Waals surface area contributed by atoms with E-state index in [1.807, 2.05) is 73.5 Å². The summed E-state index contributed by atoms with van der Waals surface area (Å²) in [6, 6.07) is 25.2. The summed E-state index contributed by atoms with van der Waals surface area (Å²) in [6.07, 6.45) is -0.674. The van der Waals surface area contributed by atoms with E-state index in [0.717, 1.165) is 27.8 Å². The number of aliphatic carboxylic acids is 1. The van der Waals surface area contributed by atoms with Crippen LogP contribution in [0, 0.1) is 11.3 Å². The van der Waals surface area contributed by atoms with Gasteiger partial charge in [-0.25, -0.2) is 4.79 Å². The Morgan fingerprint density at radius 3 is 2.17 bits per heavy atom. The van der Waals surface area contributed by atoms with Crippen molar-refractivity contribution in [2.24, 2.45) is 11.3 Å². The Balaban J connectivity index is 1.29. The van der Waals surface area contributed by atoms with Gasteiger partial charge in [-0.05, 0) is 47.7 Å². The summed E-state index contributed by atoms with van der Waals surface area (Å²) < 4.78 is 5.75. The molecule has 0 spiro atoms. The maximum atomic E-state index is 13.7. The van der Waals surface area contributed by atoms with Crippen molar-refractivity contribution in [2.75, 3.05) is 33.3 Å². The van der Waals surface area contributed by atoms with Crippen molar-refractivity contribution in [3.63, 3.8) is 0 Å². The monoisotopic (exact) mass is 555 g/mol. The Hall–Kier alpha value is -4.17. The van der Waals surface area contributed by atoms with Gasteiger partial charge in [0.25, 0.3) is 0 Å². The lowest BCUT2D eigenvalue weighted by Gasteiger charge is -2.28. The molecule has 2 amide bonds. The summed E-state index contributed by atoms with van der Waals surface area (Å²) in [7, 11) is 1.89. The minimum Gasteiger partial charge on any atom is -0.481 e. The number of carbonyl (C=O) groups excluding carboxylic acids is 2. The first-order chi connectivity index (χ1) is 19.7. The van der Waals surface area contributed by atoms with E-state index < -0.39 is 23.5 Å². The molecule has 2 N–H and O–H groups in total. The van der Waals surface area contributed by atoms with Crippen LogP contribution in [-0.4, -0.2) is 72.2 Å². The van der Waals surface area contributed by atoms with Crippen LogP contribution in [0.2, 0.25) is 0 Å². The number of hydrogen-bond acceptors (Lipinski definition) is 5. The fourth-order valence-corrected chi connectivity index (χ4v) is 6.05. The number of amides is 2. The van der Waals surface area contributed by atoms with Gasteiger partial charge in [-0.3, -0.25) is 14.5 Å². The van der Waals surface area contributed by atoms with Gasteiger partial charge in [-0.2, -0.15) is 0 Å². The lowest BCUT2D eigenvalue weighted by Crippen LogP contribution is -2.53. The maximum Gasteiger partial charge on any atom is 0.407 e. The van der Waals surface area contributed by atoms with Crippen LogP contribution in [0.25, 0.3) is 11.1 Å². The largest absolute Gasteiger partial charge is 0.481 e. The molecule has 3 aromatic rings. The second kappa shape index (κ2) is 11.7. The zero-order chi connectivity index (χ0) is 29.1. The van der Waals surface area contributed by atoms with Crippen LogP contribution in [0.1, 0.15) is 36.5 Å². The molecule has 0 saturated carbocycles. The Bertz CT molecular complexity index is 1380. The lowest BCUT2D eigenvalue weighted by atomic mass is 9.81. The molecule has 0 radical (unpaired) electrons. The molecule has 214 valence electrons. The number of rotatable bonds is 9. The van der Waals surface area contributed by atoms with Crippen LogP contribution in [0.3, 0.4) is 0 Å². The number of carboxylic acid groups (broad SMARTS) is 1. The highest BCUT2D eigenvalue weighted by molar-refractivity contribution is 5.87. The Morgan fingerprint density at radius 2 is 1.59 bits per heavy atom. The van der Waals surface area contributed by atoms with Gasteiger partial charge in [0.15, 0.2) is 0 Å². The van der Waals surface area contributed by atoms with Crippen LogP contribution in [0.4, 0.5) is 4.79 Å². The second-order valence-corrected chi connectivity index (χ2v) is 11.5. The average molecular weight is 556 g/mol. The number of likely N-dealkylation sites (N-methyl/N-ethyl adjacent to an activating group) is 1. The van der Waals surface area contributed by atoms with Gasteiger partial charge in [0, 0.05) is 32.1 Å². The number of carboxylic acids is 1. The van der Waals surface area contributed by atoms with Crippen LogP contribution in [0.15, 0.2) is 78.9 Å². The van der Waals surface area contributed by atoms with Gasteiger partial charge in [-0.15, -0.1) is 0 Å². The summed E-state index contributed by atoms with van der Waals surface area (Å²) in [5, 5.41) is 12.6. The summed E-state index contributed by atoms with van der Waals surface area (Å²) >= 11 is 0. The average Bonchev–Trinajstić information content (AvgIpc) is 3.46. The molecular weight excluding hydrogens is 518 g/mol. The minimum absolute atomic E-state index is 0.0909. The minimum atomic E-state index is -1.04. The molecule has 1 fully saturated rings. The van der Waals surface area contributed by atoms with Gasteiger partial charge in [0.2, 0.25) is 5.91 Å². The number of nitrogens with zero attached hydrogens (tertiary/aromatic N) is 2.